The van der Waals surface area contributed by atoms with Gasteiger partial charge in [-0.25, -0.2) is 0 Å². The van der Waals surface area contributed by atoms with Crippen LogP contribution in [0.4, 0.5) is 0 Å². The second kappa shape index (κ2) is 11.0. The standard InChI is InChI=1S/C28H42O7/c1-5-6-7-8-9-24-27(3,31)12-10-21-22(33-24)11-13-28(4)25(34-21)16-23-26(35-28)20(30)15-19(32-23)14-18(2)17-29/h5-7,17,19-26,30-31H,1-2,8-16H2,3-4H3/b7-6-/t19-,20+,21-,22+,23-,24-,25+,26+,27+,28-/m1/s1. The summed E-state index contributed by atoms with van der Waals surface area (Å²) >= 11 is 0. The number of aliphatic hydroxyl groups excluding tert-OH is 1. The van der Waals surface area contributed by atoms with Crippen molar-refractivity contribution in [1.29, 1.82) is 0 Å². The maximum Gasteiger partial charge on any atom is 0.145 e. The van der Waals surface area contributed by atoms with Crippen molar-refractivity contribution in [1.82, 2.24) is 0 Å². The number of aldehydes is 1. The molecule has 7 heteroatoms. The molecular weight excluding hydrogens is 448 g/mol. The van der Waals surface area contributed by atoms with E-state index in [1.165, 1.54) is 0 Å². The molecule has 4 saturated heterocycles. The molecule has 2 N–H and O–H groups in total. The van der Waals surface area contributed by atoms with Gasteiger partial charge in [0.1, 0.15) is 12.4 Å². The van der Waals surface area contributed by atoms with Crippen molar-refractivity contribution < 1.29 is 34.0 Å². The summed E-state index contributed by atoms with van der Waals surface area (Å²) in [6, 6.07) is 0. The number of carbonyl (C=O) groups excluding carboxylic acids is 1. The van der Waals surface area contributed by atoms with Gasteiger partial charge < -0.3 is 29.2 Å². The summed E-state index contributed by atoms with van der Waals surface area (Å²) in [6.07, 6.45) is 9.86. The summed E-state index contributed by atoms with van der Waals surface area (Å²) in [5.74, 6) is 0. The van der Waals surface area contributed by atoms with E-state index in [0.29, 0.717) is 37.7 Å². The summed E-state index contributed by atoms with van der Waals surface area (Å²) in [6.45, 7) is 11.4. The molecule has 10 atom stereocenters. The molecule has 4 fully saturated rings. The Labute approximate surface area is 209 Å². The highest BCUT2D eigenvalue weighted by molar-refractivity contribution is 5.72. The zero-order chi connectivity index (χ0) is 25.2. The first kappa shape index (κ1) is 26.7. The molecule has 196 valence electrons. The second-order valence-electron chi connectivity index (χ2n) is 11.2. The molecule has 4 heterocycles. The van der Waals surface area contributed by atoms with Crippen LogP contribution in [0.15, 0.2) is 37.0 Å². The number of aliphatic hydroxyl groups is 2. The normalized spacial score (nSPS) is 45.9. The van der Waals surface area contributed by atoms with Crippen LogP contribution in [-0.2, 0) is 23.7 Å². The first-order valence-corrected chi connectivity index (χ1v) is 13.1. The van der Waals surface area contributed by atoms with Gasteiger partial charge in [0.15, 0.2) is 0 Å². The fourth-order valence-corrected chi connectivity index (χ4v) is 6.21. The summed E-state index contributed by atoms with van der Waals surface area (Å²) < 4.78 is 26.0. The van der Waals surface area contributed by atoms with E-state index in [9.17, 15) is 15.0 Å². The number of rotatable bonds is 7. The van der Waals surface area contributed by atoms with Crippen molar-refractivity contribution in [3.63, 3.8) is 0 Å². The van der Waals surface area contributed by atoms with Gasteiger partial charge >= 0.3 is 0 Å². The van der Waals surface area contributed by atoms with Gasteiger partial charge in [-0.1, -0.05) is 31.4 Å². The third-order valence-electron chi connectivity index (χ3n) is 8.32. The highest BCUT2D eigenvalue weighted by Gasteiger charge is 2.55. The molecule has 0 spiro atoms. The molecule has 0 aromatic rings. The fraction of sp³-hybridized carbons (Fsp3) is 0.750. The average Bonchev–Trinajstić information content (AvgIpc) is 3.01. The topological polar surface area (TPSA) is 94.5 Å². The lowest BCUT2D eigenvalue weighted by Crippen LogP contribution is -2.62. The van der Waals surface area contributed by atoms with E-state index in [1.807, 2.05) is 19.1 Å². The zero-order valence-electron chi connectivity index (χ0n) is 21.1. The van der Waals surface area contributed by atoms with E-state index >= 15 is 0 Å². The minimum absolute atomic E-state index is 0.125. The fourth-order valence-electron chi connectivity index (χ4n) is 6.21. The van der Waals surface area contributed by atoms with Crippen molar-refractivity contribution in [3.05, 3.63) is 37.0 Å². The van der Waals surface area contributed by atoms with Gasteiger partial charge in [0.25, 0.3) is 0 Å². The number of fused-ring (bicyclic) bond motifs is 3. The van der Waals surface area contributed by atoms with Crippen molar-refractivity contribution in [3.8, 4) is 0 Å². The predicted octanol–water partition coefficient (Wildman–Crippen LogP) is 3.57. The minimum Gasteiger partial charge on any atom is -0.390 e. The van der Waals surface area contributed by atoms with Crippen LogP contribution in [-0.4, -0.2) is 76.5 Å². The summed E-state index contributed by atoms with van der Waals surface area (Å²) in [4.78, 5) is 11.0. The zero-order valence-corrected chi connectivity index (χ0v) is 21.1. The van der Waals surface area contributed by atoms with Crippen LogP contribution in [0, 0.1) is 0 Å². The number of hydrogen-bond acceptors (Lipinski definition) is 7. The van der Waals surface area contributed by atoms with Crippen LogP contribution >= 0.6 is 0 Å². The molecule has 0 aliphatic carbocycles. The Morgan fingerprint density at radius 1 is 1.09 bits per heavy atom. The summed E-state index contributed by atoms with van der Waals surface area (Å²) in [5, 5.41) is 22.0. The molecule has 4 aliphatic rings. The Kier molecular flexibility index (Phi) is 8.36. The van der Waals surface area contributed by atoms with E-state index in [4.69, 9.17) is 18.9 Å². The number of hydrogen-bond donors (Lipinski definition) is 2. The summed E-state index contributed by atoms with van der Waals surface area (Å²) in [7, 11) is 0. The van der Waals surface area contributed by atoms with Crippen LogP contribution in [0.5, 0.6) is 0 Å². The van der Waals surface area contributed by atoms with Crippen LogP contribution in [0.25, 0.3) is 0 Å². The predicted molar refractivity (Wildman–Crippen MR) is 132 cm³/mol. The molecule has 4 aliphatic heterocycles. The van der Waals surface area contributed by atoms with E-state index in [2.05, 4.69) is 20.1 Å². The van der Waals surface area contributed by atoms with Crippen molar-refractivity contribution in [2.75, 3.05) is 0 Å². The molecule has 0 saturated carbocycles. The van der Waals surface area contributed by atoms with Gasteiger partial charge in [0, 0.05) is 19.3 Å². The third-order valence-corrected chi connectivity index (χ3v) is 8.32. The smallest absolute Gasteiger partial charge is 0.145 e. The molecule has 0 unspecified atom stereocenters. The molecule has 0 radical (unpaired) electrons. The maximum atomic E-state index is 11.1. The maximum absolute atomic E-state index is 11.1. The lowest BCUT2D eigenvalue weighted by Gasteiger charge is -2.51. The Balaban J connectivity index is 1.46. The van der Waals surface area contributed by atoms with Gasteiger partial charge in [-0.2, -0.15) is 0 Å². The van der Waals surface area contributed by atoms with Gasteiger partial charge in [-0.15, -0.1) is 0 Å². The summed E-state index contributed by atoms with van der Waals surface area (Å²) in [5.41, 5.74) is -1.00. The molecule has 0 aromatic heterocycles. The Morgan fingerprint density at radius 2 is 1.83 bits per heavy atom. The minimum atomic E-state index is -0.917. The number of ether oxygens (including phenoxy) is 4. The molecule has 0 bridgehead atoms. The van der Waals surface area contributed by atoms with Crippen molar-refractivity contribution >= 4 is 6.29 Å². The van der Waals surface area contributed by atoms with Crippen LogP contribution < -0.4 is 0 Å². The highest BCUT2D eigenvalue weighted by Crippen LogP contribution is 2.45. The molecule has 4 rings (SSSR count). The average molecular weight is 491 g/mol. The van der Waals surface area contributed by atoms with Crippen molar-refractivity contribution in [2.45, 2.75) is 132 Å². The van der Waals surface area contributed by atoms with Gasteiger partial charge in [-0.3, -0.25) is 4.79 Å². The van der Waals surface area contributed by atoms with E-state index < -0.39 is 23.4 Å². The van der Waals surface area contributed by atoms with Gasteiger partial charge in [0.2, 0.25) is 0 Å². The van der Waals surface area contributed by atoms with Crippen LogP contribution in [0.3, 0.4) is 0 Å². The second-order valence-corrected chi connectivity index (χ2v) is 11.2. The third kappa shape index (κ3) is 5.97. The van der Waals surface area contributed by atoms with Crippen LogP contribution in [0.2, 0.25) is 0 Å². The van der Waals surface area contributed by atoms with Crippen molar-refractivity contribution in [2.24, 2.45) is 0 Å². The number of allylic oxidation sites excluding steroid dienone is 3. The largest absolute Gasteiger partial charge is 0.390 e. The Bertz CT molecular complexity index is 807. The van der Waals surface area contributed by atoms with Crippen LogP contribution in [0.1, 0.15) is 71.6 Å². The first-order valence-electron chi connectivity index (χ1n) is 13.1. The molecule has 0 aromatic carbocycles. The SMILES string of the molecule is C=C/C=C\CC[C@H]1O[C@H]2CC[C@@]3(C)O[C@H]4[C@@H](O)C[C@@H](CC(=C)C=O)O[C@@H]4C[C@@H]3O[C@@H]2CC[C@]1(C)O. The highest BCUT2D eigenvalue weighted by atomic mass is 16.6. The first-order chi connectivity index (χ1) is 16.6. The lowest BCUT2D eigenvalue weighted by atomic mass is 9.81. The van der Waals surface area contributed by atoms with E-state index in [1.54, 1.807) is 6.08 Å². The molecule has 7 nitrogen and oxygen atoms in total. The van der Waals surface area contributed by atoms with Gasteiger partial charge in [0.05, 0.1) is 53.9 Å². The quantitative estimate of drug-likeness (QED) is 0.320. The Morgan fingerprint density at radius 3 is 2.57 bits per heavy atom. The Hall–Kier alpha value is -1.35. The van der Waals surface area contributed by atoms with E-state index in [-0.39, 0.29) is 36.6 Å². The lowest BCUT2D eigenvalue weighted by molar-refractivity contribution is -0.291. The number of carbonyl (C=O) groups is 1. The molecular formula is C28H42O7. The molecule has 35 heavy (non-hydrogen) atoms. The van der Waals surface area contributed by atoms with E-state index in [0.717, 1.165) is 32.0 Å². The monoisotopic (exact) mass is 490 g/mol. The molecule has 0 amide bonds. The van der Waals surface area contributed by atoms with Gasteiger partial charge in [-0.05, 0) is 57.9 Å².